The molecule has 2 aromatic carbocycles. The number of amides is 1. The fraction of sp³-hybridized carbons (Fsp3) is 0.176. The number of nitrogens with zero attached hydrogens (tertiary/aromatic N) is 1. The van der Waals surface area contributed by atoms with Crippen molar-refractivity contribution in [3.8, 4) is 0 Å². The van der Waals surface area contributed by atoms with Gasteiger partial charge in [-0.2, -0.15) is 0 Å². The summed E-state index contributed by atoms with van der Waals surface area (Å²) in [7, 11) is 0. The van der Waals surface area contributed by atoms with Crippen LogP contribution >= 0.6 is 11.6 Å². The number of nitrogens with one attached hydrogen (secondary N) is 1. The number of rotatable bonds is 6. The molecular weight excluding hydrogens is 332 g/mol. The molecular formula is C17H15ClN2O4. The number of carbonyl (C=O) groups is 2. The zero-order chi connectivity index (χ0) is 17.7. The number of halogens is 1. The molecule has 1 N–H and O–H groups in total. The third-order valence-corrected chi connectivity index (χ3v) is 3.77. The van der Waals surface area contributed by atoms with Gasteiger partial charge in [0.25, 0.3) is 5.69 Å². The number of hydrogen-bond acceptors (Lipinski definition) is 4. The molecule has 0 atom stereocenters. The van der Waals surface area contributed by atoms with Crippen LogP contribution in [-0.2, 0) is 4.79 Å². The summed E-state index contributed by atoms with van der Waals surface area (Å²) >= 11 is 5.76. The maximum Gasteiger partial charge on any atom is 0.274 e. The second-order valence-corrected chi connectivity index (χ2v) is 5.62. The van der Waals surface area contributed by atoms with E-state index >= 15 is 0 Å². The van der Waals surface area contributed by atoms with E-state index in [0.29, 0.717) is 21.8 Å². The minimum absolute atomic E-state index is 0.0103. The van der Waals surface area contributed by atoms with Gasteiger partial charge >= 0.3 is 0 Å². The first-order valence-corrected chi connectivity index (χ1v) is 7.59. The Hall–Kier alpha value is -2.73. The van der Waals surface area contributed by atoms with E-state index in [1.165, 1.54) is 12.1 Å². The lowest BCUT2D eigenvalue weighted by molar-refractivity contribution is -0.385. The van der Waals surface area contributed by atoms with E-state index in [9.17, 15) is 19.7 Å². The third-order valence-electron chi connectivity index (χ3n) is 3.52. The average Bonchev–Trinajstić information content (AvgIpc) is 2.55. The first kappa shape index (κ1) is 17.6. The molecule has 0 aromatic heterocycles. The Morgan fingerprint density at radius 1 is 1.12 bits per heavy atom. The van der Waals surface area contributed by atoms with Crippen LogP contribution in [0, 0.1) is 17.0 Å². The predicted molar refractivity (Wildman–Crippen MR) is 91.5 cm³/mol. The monoisotopic (exact) mass is 346 g/mol. The topological polar surface area (TPSA) is 89.3 Å². The average molecular weight is 347 g/mol. The third kappa shape index (κ3) is 4.39. The van der Waals surface area contributed by atoms with Crippen molar-refractivity contribution in [2.45, 2.75) is 19.8 Å². The van der Waals surface area contributed by atoms with E-state index in [4.69, 9.17) is 11.6 Å². The van der Waals surface area contributed by atoms with Crippen LogP contribution in [0.25, 0.3) is 0 Å². The summed E-state index contributed by atoms with van der Waals surface area (Å²) in [6.45, 7) is 1.56. The molecule has 24 heavy (non-hydrogen) atoms. The van der Waals surface area contributed by atoms with Crippen molar-refractivity contribution in [2.24, 2.45) is 0 Å². The molecule has 124 valence electrons. The number of hydrogen-bond donors (Lipinski definition) is 1. The summed E-state index contributed by atoms with van der Waals surface area (Å²) < 4.78 is 0. The zero-order valence-electron chi connectivity index (χ0n) is 12.9. The smallest absolute Gasteiger partial charge is 0.274 e. The van der Waals surface area contributed by atoms with Gasteiger partial charge in [-0.3, -0.25) is 19.7 Å². The van der Waals surface area contributed by atoms with Crippen molar-refractivity contribution in [1.29, 1.82) is 0 Å². The standard InChI is InChI=1S/C17H15ClN2O4/c1-11-14(3-2-4-15(11)20(23)24)19-17(22)10-9-16(21)12-5-7-13(18)8-6-12/h2-8H,9-10H2,1H3,(H,19,22). The number of Topliss-reactive ketones (excluding diaryl/α,β-unsaturated/α-hetero) is 1. The first-order chi connectivity index (χ1) is 11.4. The Morgan fingerprint density at radius 3 is 2.42 bits per heavy atom. The van der Waals surface area contributed by atoms with Crippen LogP contribution in [-0.4, -0.2) is 16.6 Å². The first-order valence-electron chi connectivity index (χ1n) is 7.21. The summed E-state index contributed by atoms with van der Waals surface area (Å²) in [5.41, 5.74) is 1.16. The SMILES string of the molecule is Cc1c(NC(=O)CCC(=O)c2ccc(Cl)cc2)cccc1[N+](=O)[O-]. The molecule has 0 saturated heterocycles. The number of carbonyl (C=O) groups excluding carboxylic acids is 2. The highest BCUT2D eigenvalue weighted by molar-refractivity contribution is 6.30. The summed E-state index contributed by atoms with van der Waals surface area (Å²) in [4.78, 5) is 34.4. The Kier molecular flexibility index (Phi) is 5.65. The lowest BCUT2D eigenvalue weighted by atomic mass is 10.1. The zero-order valence-corrected chi connectivity index (χ0v) is 13.7. The molecule has 0 spiro atoms. The molecule has 0 bridgehead atoms. The molecule has 0 fully saturated rings. The molecule has 0 aliphatic carbocycles. The highest BCUT2D eigenvalue weighted by atomic mass is 35.5. The van der Waals surface area contributed by atoms with Gasteiger partial charge in [0.1, 0.15) is 0 Å². The minimum Gasteiger partial charge on any atom is -0.326 e. The molecule has 6 nitrogen and oxygen atoms in total. The van der Waals surface area contributed by atoms with Crippen LogP contribution in [0.15, 0.2) is 42.5 Å². The number of benzene rings is 2. The molecule has 0 unspecified atom stereocenters. The van der Waals surface area contributed by atoms with E-state index < -0.39 is 4.92 Å². The Balaban J connectivity index is 1.96. The summed E-state index contributed by atoms with van der Waals surface area (Å²) in [6, 6.07) is 10.9. The molecule has 1 amide bonds. The quantitative estimate of drug-likeness (QED) is 0.483. The number of nitro groups is 1. The second kappa shape index (κ2) is 7.70. The van der Waals surface area contributed by atoms with Crippen molar-refractivity contribution < 1.29 is 14.5 Å². The normalized spacial score (nSPS) is 10.2. The van der Waals surface area contributed by atoms with Crippen LogP contribution in [0.4, 0.5) is 11.4 Å². The van der Waals surface area contributed by atoms with Gasteiger partial charge < -0.3 is 5.32 Å². The van der Waals surface area contributed by atoms with Crippen LogP contribution in [0.3, 0.4) is 0 Å². The molecule has 0 aliphatic rings. The molecule has 0 saturated carbocycles. The van der Waals surface area contributed by atoms with Crippen LogP contribution in [0.2, 0.25) is 5.02 Å². The molecule has 7 heteroatoms. The van der Waals surface area contributed by atoms with Crippen molar-refractivity contribution in [1.82, 2.24) is 0 Å². The highest BCUT2D eigenvalue weighted by Crippen LogP contribution is 2.25. The van der Waals surface area contributed by atoms with Gasteiger partial charge in [-0.15, -0.1) is 0 Å². The van der Waals surface area contributed by atoms with E-state index in [1.54, 1.807) is 37.3 Å². The van der Waals surface area contributed by atoms with E-state index in [2.05, 4.69) is 5.32 Å². The molecule has 2 aromatic rings. The van der Waals surface area contributed by atoms with E-state index in [1.807, 2.05) is 0 Å². The largest absolute Gasteiger partial charge is 0.326 e. The predicted octanol–water partition coefficient (Wildman–Crippen LogP) is 4.16. The fourth-order valence-corrected chi connectivity index (χ4v) is 2.30. The maximum absolute atomic E-state index is 12.0. The fourth-order valence-electron chi connectivity index (χ4n) is 2.18. The summed E-state index contributed by atoms with van der Waals surface area (Å²) in [5, 5.41) is 14.0. The van der Waals surface area contributed by atoms with Gasteiger partial charge in [-0.25, -0.2) is 0 Å². The summed E-state index contributed by atoms with van der Waals surface area (Å²) in [6.07, 6.45) is 0.0328. The number of nitro benzene ring substituents is 1. The Morgan fingerprint density at radius 2 is 1.79 bits per heavy atom. The van der Waals surface area contributed by atoms with Gasteiger partial charge in [-0.05, 0) is 37.3 Å². The van der Waals surface area contributed by atoms with Gasteiger partial charge in [0, 0.05) is 29.5 Å². The van der Waals surface area contributed by atoms with Gasteiger partial charge in [0.05, 0.1) is 16.2 Å². The highest BCUT2D eigenvalue weighted by Gasteiger charge is 2.15. The van der Waals surface area contributed by atoms with Crippen LogP contribution in [0.1, 0.15) is 28.8 Å². The van der Waals surface area contributed by atoms with Crippen LogP contribution in [0.5, 0.6) is 0 Å². The molecule has 0 radical (unpaired) electrons. The molecule has 2 rings (SSSR count). The number of anilines is 1. The molecule has 0 aliphatic heterocycles. The second-order valence-electron chi connectivity index (χ2n) is 5.19. The van der Waals surface area contributed by atoms with Crippen LogP contribution < -0.4 is 5.32 Å². The van der Waals surface area contributed by atoms with E-state index in [-0.39, 0.29) is 30.2 Å². The van der Waals surface area contributed by atoms with Crippen molar-refractivity contribution in [3.63, 3.8) is 0 Å². The minimum atomic E-state index is -0.505. The van der Waals surface area contributed by atoms with Crippen molar-refractivity contribution >= 4 is 34.7 Å². The summed E-state index contributed by atoms with van der Waals surface area (Å²) in [5.74, 6) is -0.543. The Bertz CT molecular complexity index is 788. The molecule has 0 heterocycles. The van der Waals surface area contributed by atoms with Crippen molar-refractivity contribution in [2.75, 3.05) is 5.32 Å². The Labute approximate surface area is 143 Å². The van der Waals surface area contributed by atoms with E-state index in [0.717, 1.165) is 0 Å². The van der Waals surface area contributed by atoms with Gasteiger partial charge in [0.2, 0.25) is 5.91 Å². The maximum atomic E-state index is 12.0. The van der Waals surface area contributed by atoms with Gasteiger partial charge in [0.15, 0.2) is 5.78 Å². The lowest BCUT2D eigenvalue weighted by Crippen LogP contribution is -2.14. The van der Waals surface area contributed by atoms with Gasteiger partial charge in [-0.1, -0.05) is 17.7 Å². The van der Waals surface area contributed by atoms with Crippen molar-refractivity contribution in [3.05, 3.63) is 68.7 Å². The lowest BCUT2D eigenvalue weighted by Gasteiger charge is -2.08. The number of ketones is 1.